The summed E-state index contributed by atoms with van der Waals surface area (Å²) >= 11 is 1.55. The maximum atomic E-state index is 8.76. The summed E-state index contributed by atoms with van der Waals surface area (Å²) in [6, 6.07) is 10.1. The van der Waals surface area contributed by atoms with E-state index < -0.39 is 0 Å². The normalized spacial score (nSPS) is 10.6. The van der Waals surface area contributed by atoms with E-state index in [0.717, 1.165) is 22.6 Å². The molecule has 0 amide bonds. The Hall–Kier alpha value is -2.19. The minimum absolute atomic E-state index is 0.470. The molecule has 0 saturated carbocycles. The number of para-hydroxylation sites is 2. The van der Waals surface area contributed by atoms with Gasteiger partial charge in [0.25, 0.3) is 0 Å². The predicted octanol–water partition coefficient (Wildman–Crippen LogP) is 3.07. The first-order valence-electron chi connectivity index (χ1n) is 5.61. The summed E-state index contributed by atoms with van der Waals surface area (Å²) in [5.41, 5.74) is 4.66. The van der Waals surface area contributed by atoms with Gasteiger partial charge in [0.15, 0.2) is 5.82 Å². The van der Waals surface area contributed by atoms with Gasteiger partial charge in [-0.05, 0) is 12.1 Å². The van der Waals surface area contributed by atoms with Gasteiger partial charge in [-0.15, -0.1) is 11.3 Å². The lowest BCUT2D eigenvalue weighted by molar-refractivity contribution is 0.743. The fraction of sp³-hybridized carbons (Fsp3) is 0.154. The van der Waals surface area contributed by atoms with Gasteiger partial charge in [0.2, 0.25) is 0 Å². The largest absolute Gasteiger partial charge is 0.322 e. The van der Waals surface area contributed by atoms with E-state index in [1.54, 1.807) is 16.8 Å². The molecule has 3 rings (SSSR count). The summed E-state index contributed by atoms with van der Waals surface area (Å²) in [5, 5.41) is 10.7. The van der Waals surface area contributed by atoms with Gasteiger partial charge in [-0.3, -0.25) is 0 Å². The molecule has 0 bridgehead atoms. The van der Waals surface area contributed by atoms with Crippen molar-refractivity contribution >= 4 is 22.4 Å². The van der Waals surface area contributed by atoms with Crippen LogP contribution in [0.2, 0.25) is 0 Å². The monoisotopic (exact) mass is 254 g/mol. The molecule has 0 spiro atoms. The molecular formula is C13H10N4S. The van der Waals surface area contributed by atoms with Crippen LogP contribution in [0, 0.1) is 11.3 Å². The van der Waals surface area contributed by atoms with E-state index in [-0.39, 0.29) is 0 Å². The lowest BCUT2D eigenvalue weighted by atomic mass is 10.3. The van der Waals surface area contributed by atoms with E-state index in [9.17, 15) is 0 Å². The first-order chi connectivity index (χ1) is 8.90. The highest BCUT2D eigenvalue weighted by atomic mass is 32.1. The van der Waals surface area contributed by atoms with Crippen molar-refractivity contribution in [3.05, 3.63) is 35.2 Å². The van der Waals surface area contributed by atoms with Crippen LogP contribution in [0.3, 0.4) is 0 Å². The number of aromatic nitrogens is 3. The third-order valence-corrected chi connectivity index (χ3v) is 3.35. The zero-order valence-electron chi connectivity index (χ0n) is 9.58. The van der Waals surface area contributed by atoms with Crippen LogP contribution < -0.4 is 0 Å². The number of nitrogens with zero attached hydrogens (tertiary/aromatic N) is 4. The summed E-state index contributed by atoms with van der Waals surface area (Å²) < 4.78 is 2.06. The first-order valence-corrected chi connectivity index (χ1v) is 6.55. The molecule has 0 saturated heterocycles. The Labute approximate surface area is 108 Å². The highest BCUT2D eigenvalue weighted by Gasteiger charge is 2.13. The van der Waals surface area contributed by atoms with Crippen LogP contribution in [-0.2, 0) is 6.54 Å². The third-order valence-electron chi connectivity index (χ3n) is 2.76. The second kappa shape index (κ2) is 4.59. The molecule has 1 aromatic carbocycles. The SMILES string of the molecule is N#CCCn1c(-c2cscn2)nc2ccccc21. The van der Waals surface area contributed by atoms with Gasteiger partial charge < -0.3 is 4.57 Å². The molecule has 0 aliphatic rings. The van der Waals surface area contributed by atoms with Crippen LogP contribution >= 0.6 is 11.3 Å². The number of thiazole rings is 1. The average molecular weight is 254 g/mol. The predicted molar refractivity (Wildman–Crippen MR) is 71.1 cm³/mol. The number of benzene rings is 1. The van der Waals surface area contributed by atoms with Crippen LogP contribution in [0.15, 0.2) is 35.2 Å². The van der Waals surface area contributed by atoms with E-state index in [4.69, 9.17) is 5.26 Å². The van der Waals surface area contributed by atoms with Gasteiger partial charge in [-0.2, -0.15) is 5.26 Å². The molecule has 88 valence electrons. The molecule has 5 heteroatoms. The molecule has 18 heavy (non-hydrogen) atoms. The lowest BCUT2D eigenvalue weighted by Gasteiger charge is -2.04. The summed E-state index contributed by atoms with van der Waals surface area (Å²) in [4.78, 5) is 8.91. The fourth-order valence-corrected chi connectivity index (χ4v) is 2.51. The Morgan fingerprint density at radius 2 is 2.22 bits per heavy atom. The maximum Gasteiger partial charge on any atom is 0.160 e. The Morgan fingerprint density at radius 1 is 1.33 bits per heavy atom. The van der Waals surface area contributed by atoms with Crippen molar-refractivity contribution in [2.45, 2.75) is 13.0 Å². The van der Waals surface area contributed by atoms with Gasteiger partial charge in [-0.25, -0.2) is 9.97 Å². The van der Waals surface area contributed by atoms with Gasteiger partial charge in [0, 0.05) is 11.9 Å². The Morgan fingerprint density at radius 3 is 3.00 bits per heavy atom. The fourth-order valence-electron chi connectivity index (χ4n) is 1.98. The number of imidazole rings is 1. The van der Waals surface area contributed by atoms with E-state index >= 15 is 0 Å². The summed E-state index contributed by atoms with van der Waals surface area (Å²) in [7, 11) is 0. The third kappa shape index (κ3) is 1.77. The van der Waals surface area contributed by atoms with E-state index in [1.807, 2.05) is 29.6 Å². The molecule has 2 aromatic heterocycles. The standard InChI is InChI=1S/C13H10N4S/c14-6-3-7-17-12-5-2-1-4-10(12)16-13(17)11-8-18-9-15-11/h1-2,4-5,8-9H,3,7H2. The van der Waals surface area contributed by atoms with Crippen LogP contribution in [0.4, 0.5) is 0 Å². The van der Waals surface area contributed by atoms with Crippen LogP contribution in [0.5, 0.6) is 0 Å². The van der Waals surface area contributed by atoms with Crippen LogP contribution in [0.25, 0.3) is 22.6 Å². The Balaban J connectivity index is 2.20. The molecule has 4 nitrogen and oxygen atoms in total. The van der Waals surface area contributed by atoms with E-state index in [1.165, 1.54) is 0 Å². The zero-order valence-corrected chi connectivity index (χ0v) is 10.4. The number of fused-ring (bicyclic) bond motifs is 1. The van der Waals surface area contributed by atoms with Crippen LogP contribution in [0.1, 0.15) is 6.42 Å². The molecule has 3 aromatic rings. The highest BCUT2D eigenvalue weighted by Crippen LogP contribution is 2.24. The topological polar surface area (TPSA) is 54.5 Å². The van der Waals surface area contributed by atoms with E-state index in [2.05, 4.69) is 20.6 Å². The van der Waals surface area contributed by atoms with E-state index in [0.29, 0.717) is 13.0 Å². The molecular weight excluding hydrogens is 244 g/mol. The zero-order chi connectivity index (χ0) is 12.4. The maximum absolute atomic E-state index is 8.76. The van der Waals surface area contributed by atoms with Crippen LogP contribution in [-0.4, -0.2) is 14.5 Å². The van der Waals surface area contributed by atoms with Gasteiger partial charge in [0.05, 0.1) is 29.0 Å². The second-order valence-electron chi connectivity index (χ2n) is 3.86. The average Bonchev–Trinajstić information content (AvgIpc) is 3.03. The Kier molecular flexibility index (Phi) is 2.79. The Bertz CT molecular complexity index is 706. The molecule has 0 fully saturated rings. The number of nitriles is 1. The summed E-state index contributed by atoms with van der Waals surface area (Å²) in [5.74, 6) is 0.840. The summed E-state index contributed by atoms with van der Waals surface area (Å²) in [6.07, 6.45) is 0.470. The van der Waals surface area contributed by atoms with Gasteiger partial charge in [0.1, 0.15) is 5.69 Å². The molecule has 2 heterocycles. The quantitative estimate of drug-likeness (QED) is 0.721. The number of rotatable bonds is 3. The molecule has 0 radical (unpaired) electrons. The van der Waals surface area contributed by atoms with Crippen molar-refractivity contribution in [3.8, 4) is 17.6 Å². The van der Waals surface area contributed by atoms with Gasteiger partial charge >= 0.3 is 0 Å². The number of hydrogen-bond donors (Lipinski definition) is 0. The molecule has 0 atom stereocenters. The minimum Gasteiger partial charge on any atom is -0.322 e. The van der Waals surface area contributed by atoms with Crippen molar-refractivity contribution < 1.29 is 0 Å². The smallest absolute Gasteiger partial charge is 0.160 e. The molecule has 0 aliphatic heterocycles. The van der Waals surface area contributed by atoms with Crippen molar-refractivity contribution in [3.63, 3.8) is 0 Å². The molecule has 0 unspecified atom stereocenters. The van der Waals surface area contributed by atoms with Crippen molar-refractivity contribution in [1.29, 1.82) is 5.26 Å². The van der Waals surface area contributed by atoms with Gasteiger partial charge in [-0.1, -0.05) is 12.1 Å². The number of hydrogen-bond acceptors (Lipinski definition) is 4. The minimum atomic E-state index is 0.470. The van der Waals surface area contributed by atoms with Crippen molar-refractivity contribution in [2.24, 2.45) is 0 Å². The lowest BCUT2D eigenvalue weighted by Crippen LogP contribution is -2.00. The second-order valence-corrected chi connectivity index (χ2v) is 4.58. The van der Waals surface area contributed by atoms with Crippen molar-refractivity contribution in [1.82, 2.24) is 14.5 Å². The van der Waals surface area contributed by atoms with Crippen molar-refractivity contribution in [2.75, 3.05) is 0 Å². The first kappa shape index (κ1) is 10.9. The highest BCUT2D eigenvalue weighted by molar-refractivity contribution is 7.07. The molecule has 0 aliphatic carbocycles. The molecule has 0 N–H and O–H groups in total. The summed E-state index contributed by atoms with van der Waals surface area (Å²) in [6.45, 7) is 0.643. The number of aryl methyl sites for hydroxylation is 1.